The zero-order valence-corrected chi connectivity index (χ0v) is 11.8. The van der Waals surface area contributed by atoms with Gasteiger partial charge in [0.05, 0.1) is 12.4 Å². The average Bonchev–Trinajstić information content (AvgIpc) is 2.26. The van der Waals surface area contributed by atoms with Gasteiger partial charge in [0.15, 0.2) is 0 Å². The number of nitrogens with zero attached hydrogens (tertiary/aromatic N) is 1. The zero-order valence-electron chi connectivity index (χ0n) is 11.0. The molecule has 0 aliphatic carbocycles. The van der Waals surface area contributed by atoms with Crippen LogP contribution in [0.4, 0.5) is 0 Å². The fraction of sp³-hybridized carbons (Fsp3) is 1.00. The number of sulfonamides is 1. The first-order chi connectivity index (χ1) is 7.93. The molecule has 1 rings (SSSR count). The highest BCUT2D eigenvalue weighted by Crippen LogP contribution is 2.13. The van der Waals surface area contributed by atoms with Crippen molar-refractivity contribution in [3.8, 4) is 0 Å². The summed E-state index contributed by atoms with van der Waals surface area (Å²) in [6.45, 7) is 6.84. The minimum Gasteiger partial charge on any atom is -0.377 e. The van der Waals surface area contributed by atoms with Gasteiger partial charge in [-0.1, -0.05) is 0 Å². The fourth-order valence-electron chi connectivity index (χ4n) is 2.07. The summed E-state index contributed by atoms with van der Waals surface area (Å²) >= 11 is 0. The second-order valence-corrected chi connectivity index (χ2v) is 6.59. The molecule has 1 N–H and O–H groups in total. The van der Waals surface area contributed by atoms with Gasteiger partial charge in [-0.3, -0.25) is 0 Å². The lowest BCUT2D eigenvalue weighted by atomic mass is 10.1. The van der Waals surface area contributed by atoms with Gasteiger partial charge < -0.3 is 10.1 Å². The number of nitrogens with one attached hydrogen (secondary N) is 1. The van der Waals surface area contributed by atoms with Crippen molar-refractivity contribution in [2.75, 3.05) is 32.5 Å². The lowest BCUT2D eigenvalue weighted by molar-refractivity contribution is 0.0722. The van der Waals surface area contributed by atoms with Crippen molar-refractivity contribution in [1.29, 1.82) is 0 Å². The maximum Gasteiger partial charge on any atom is 0.211 e. The van der Waals surface area contributed by atoms with Crippen LogP contribution in [-0.2, 0) is 14.8 Å². The van der Waals surface area contributed by atoms with Crippen molar-refractivity contribution in [3.63, 3.8) is 0 Å². The van der Waals surface area contributed by atoms with Crippen LogP contribution in [0.15, 0.2) is 0 Å². The molecule has 0 aromatic carbocycles. The van der Waals surface area contributed by atoms with Gasteiger partial charge in [-0.15, -0.1) is 0 Å². The van der Waals surface area contributed by atoms with Crippen LogP contribution in [0.25, 0.3) is 0 Å². The highest BCUT2D eigenvalue weighted by atomic mass is 32.2. The predicted octanol–water partition coefficient (Wildman–Crippen LogP) is 0.425. The molecule has 1 atom stereocenters. The van der Waals surface area contributed by atoms with E-state index in [1.165, 1.54) is 6.26 Å². The van der Waals surface area contributed by atoms with E-state index in [-0.39, 0.29) is 6.10 Å². The van der Waals surface area contributed by atoms with Gasteiger partial charge in [0, 0.05) is 32.3 Å². The van der Waals surface area contributed by atoms with E-state index >= 15 is 0 Å². The summed E-state index contributed by atoms with van der Waals surface area (Å²) in [4.78, 5) is 0. The van der Waals surface area contributed by atoms with Crippen LogP contribution in [0.3, 0.4) is 0 Å². The first-order valence-corrected chi connectivity index (χ1v) is 8.08. The topological polar surface area (TPSA) is 58.6 Å². The van der Waals surface area contributed by atoms with Gasteiger partial charge in [-0.25, -0.2) is 12.7 Å². The van der Waals surface area contributed by atoms with Gasteiger partial charge in [0.2, 0.25) is 10.0 Å². The normalized spacial score (nSPS) is 21.6. The third kappa shape index (κ3) is 5.33. The van der Waals surface area contributed by atoms with Gasteiger partial charge in [0.1, 0.15) is 0 Å². The Morgan fingerprint density at radius 1 is 1.41 bits per heavy atom. The first kappa shape index (κ1) is 14.9. The van der Waals surface area contributed by atoms with E-state index in [1.807, 2.05) is 13.8 Å². The van der Waals surface area contributed by atoms with Crippen molar-refractivity contribution in [2.24, 2.45) is 0 Å². The molecule has 102 valence electrons. The molecule has 0 aromatic rings. The largest absolute Gasteiger partial charge is 0.377 e. The summed E-state index contributed by atoms with van der Waals surface area (Å²) in [5.41, 5.74) is 0. The number of ether oxygens (including phenoxy) is 1. The fourth-order valence-corrected chi connectivity index (χ4v) is 2.94. The molecule has 0 bridgehead atoms. The van der Waals surface area contributed by atoms with E-state index in [9.17, 15) is 8.42 Å². The van der Waals surface area contributed by atoms with E-state index in [1.54, 1.807) is 4.31 Å². The van der Waals surface area contributed by atoms with Crippen LogP contribution in [0.5, 0.6) is 0 Å². The molecule has 17 heavy (non-hydrogen) atoms. The Kier molecular flexibility index (Phi) is 5.85. The third-order valence-electron chi connectivity index (χ3n) is 3.07. The third-order valence-corrected chi connectivity index (χ3v) is 4.37. The standard InChI is InChI=1S/C11H24N2O3S/c1-4-16-10(2)9-12-11-5-7-13(8-6-11)17(3,14)15/h10-12H,4-9H2,1-3H3. The number of hydrogen-bond acceptors (Lipinski definition) is 4. The molecule has 0 radical (unpaired) electrons. The molecule has 0 amide bonds. The number of rotatable bonds is 6. The lowest BCUT2D eigenvalue weighted by Crippen LogP contribution is -2.46. The molecule has 0 aromatic heterocycles. The zero-order chi connectivity index (χ0) is 12.9. The molecule has 1 fully saturated rings. The second kappa shape index (κ2) is 6.68. The van der Waals surface area contributed by atoms with E-state index in [4.69, 9.17) is 4.74 Å². The van der Waals surface area contributed by atoms with Crippen molar-refractivity contribution >= 4 is 10.0 Å². The quantitative estimate of drug-likeness (QED) is 0.755. The summed E-state index contributed by atoms with van der Waals surface area (Å²) in [6.07, 6.45) is 3.25. The molecule has 5 nitrogen and oxygen atoms in total. The van der Waals surface area contributed by atoms with E-state index < -0.39 is 10.0 Å². The molecule has 0 saturated carbocycles. The highest BCUT2D eigenvalue weighted by molar-refractivity contribution is 7.88. The SMILES string of the molecule is CCOC(C)CNC1CCN(S(C)(=O)=O)CC1. The first-order valence-electron chi connectivity index (χ1n) is 6.23. The molecule has 1 aliphatic rings. The van der Waals surface area contributed by atoms with Crippen LogP contribution in [-0.4, -0.2) is 57.4 Å². The average molecular weight is 264 g/mol. The molecule has 0 spiro atoms. The van der Waals surface area contributed by atoms with E-state index in [2.05, 4.69) is 5.32 Å². The van der Waals surface area contributed by atoms with Crippen molar-refractivity contribution in [2.45, 2.75) is 38.8 Å². The molecule has 1 aliphatic heterocycles. The minimum atomic E-state index is -3.01. The van der Waals surface area contributed by atoms with Crippen LogP contribution in [0.2, 0.25) is 0 Å². The Morgan fingerprint density at radius 3 is 2.47 bits per heavy atom. The van der Waals surface area contributed by atoms with Crippen LogP contribution in [0.1, 0.15) is 26.7 Å². The van der Waals surface area contributed by atoms with E-state index in [0.29, 0.717) is 19.1 Å². The summed E-state index contributed by atoms with van der Waals surface area (Å²) in [5, 5.41) is 3.43. The molecule has 1 saturated heterocycles. The Labute approximate surface area is 105 Å². The Morgan fingerprint density at radius 2 is 2.00 bits per heavy atom. The Bertz CT molecular complexity index is 311. The van der Waals surface area contributed by atoms with Gasteiger partial charge in [-0.05, 0) is 26.7 Å². The minimum absolute atomic E-state index is 0.216. The van der Waals surface area contributed by atoms with Crippen LogP contribution in [0, 0.1) is 0 Å². The summed E-state index contributed by atoms with van der Waals surface area (Å²) in [5.74, 6) is 0. The van der Waals surface area contributed by atoms with Gasteiger partial charge in [-0.2, -0.15) is 0 Å². The summed E-state index contributed by atoms with van der Waals surface area (Å²) in [6, 6.07) is 0.413. The maximum atomic E-state index is 11.3. The Hall–Kier alpha value is -0.170. The molecule has 6 heteroatoms. The lowest BCUT2D eigenvalue weighted by Gasteiger charge is -2.31. The number of hydrogen-bond donors (Lipinski definition) is 1. The van der Waals surface area contributed by atoms with E-state index in [0.717, 1.165) is 26.0 Å². The molecule has 1 heterocycles. The molecule has 1 unspecified atom stereocenters. The highest BCUT2D eigenvalue weighted by Gasteiger charge is 2.24. The monoisotopic (exact) mass is 264 g/mol. The van der Waals surface area contributed by atoms with Crippen LogP contribution >= 0.6 is 0 Å². The molecular weight excluding hydrogens is 240 g/mol. The van der Waals surface area contributed by atoms with Crippen molar-refractivity contribution in [3.05, 3.63) is 0 Å². The second-order valence-electron chi connectivity index (χ2n) is 4.61. The summed E-state index contributed by atoms with van der Waals surface area (Å²) in [7, 11) is -3.01. The maximum absolute atomic E-state index is 11.3. The van der Waals surface area contributed by atoms with Gasteiger partial charge >= 0.3 is 0 Å². The summed E-state index contributed by atoms with van der Waals surface area (Å²) < 4.78 is 29.7. The van der Waals surface area contributed by atoms with Crippen molar-refractivity contribution in [1.82, 2.24) is 9.62 Å². The molecular formula is C11H24N2O3S. The van der Waals surface area contributed by atoms with Crippen LogP contribution < -0.4 is 5.32 Å². The van der Waals surface area contributed by atoms with Crippen molar-refractivity contribution < 1.29 is 13.2 Å². The predicted molar refractivity (Wildman–Crippen MR) is 68.5 cm³/mol. The Balaban J connectivity index is 2.24. The van der Waals surface area contributed by atoms with Gasteiger partial charge in [0.25, 0.3) is 0 Å². The number of piperidine rings is 1. The smallest absolute Gasteiger partial charge is 0.211 e.